The third-order valence-electron chi connectivity index (χ3n) is 4.24. The number of rotatable bonds is 5. The van der Waals surface area contributed by atoms with Gasteiger partial charge in [0.15, 0.2) is 0 Å². The van der Waals surface area contributed by atoms with Gasteiger partial charge >= 0.3 is 0 Å². The summed E-state index contributed by atoms with van der Waals surface area (Å²) in [7, 11) is 2.09. The summed E-state index contributed by atoms with van der Waals surface area (Å²) in [4.78, 5) is 6.62. The van der Waals surface area contributed by atoms with Crippen LogP contribution in [0.15, 0.2) is 22.7 Å². The topological polar surface area (TPSA) is 63.4 Å². The van der Waals surface area contributed by atoms with Gasteiger partial charge in [0.2, 0.25) is 11.7 Å². The van der Waals surface area contributed by atoms with Crippen LogP contribution in [0.25, 0.3) is 11.4 Å². The third-order valence-corrected chi connectivity index (χ3v) is 4.24. The summed E-state index contributed by atoms with van der Waals surface area (Å²) >= 11 is 0. The molecule has 1 aliphatic rings. The fourth-order valence-electron chi connectivity index (χ4n) is 2.65. The number of nitrogens with zero attached hydrogens (tertiary/aromatic N) is 3. The molecule has 1 aromatic heterocycles. The van der Waals surface area contributed by atoms with Gasteiger partial charge in [-0.2, -0.15) is 4.98 Å². The van der Waals surface area contributed by atoms with Crippen molar-refractivity contribution in [3.8, 4) is 11.4 Å². The molecule has 0 bridgehead atoms. The average Bonchev–Trinajstić information content (AvgIpc) is 3.05. The van der Waals surface area contributed by atoms with Gasteiger partial charge in [-0.15, -0.1) is 0 Å². The maximum absolute atomic E-state index is 13.7. The Balaban J connectivity index is 1.61. The van der Waals surface area contributed by atoms with Crippen molar-refractivity contribution in [2.75, 3.05) is 33.3 Å². The Morgan fingerprint density at radius 1 is 1.46 bits per heavy atom. The molecule has 1 aromatic carbocycles. The number of aromatic nitrogens is 2. The van der Waals surface area contributed by atoms with E-state index >= 15 is 0 Å². The quantitative estimate of drug-likeness (QED) is 0.904. The Morgan fingerprint density at radius 2 is 2.29 bits per heavy atom. The summed E-state index contributed by atoms with van der Waals surface area (Å²) in [5, 5.41) is 7.31. The van der Waals surface area contributed by atoms with Crippen molar-refractivity contribution in [1.82, 2.24) is 20.4 Å². The number of aryl methyl sites for hydroxylation is 1. The fraction of sp³-hybridized carbons (Fsp3) is 0.529. The predicted octanol–water partition coefficient (Wildman–Crippen LogP) is 2.17. The molecule has 1 aliphatic heterocycles. The molecule has 0 spiro atoms. The van der Waals surface area contributed by atoms with Gasteiger partial charge in [0.25, 0.3) is 0 Å². The number of nitrogens with one attached hydrogen (secondary N) is 1. The van der Waals surface area contributed by atoms with Gasteiger partial charge < -0.3 is 19.5 Å². The number of ether oxygens (including phenoxy) is 1. The van der Waals surface area contributed by atoms with Gasteiger partial charge in [-0.05, 0) is 32.5 Å². The molecule has 0 unspecified atom stereocenters. The zero-order valence-electron chi connectivity index (χ0n) is 14.3. The molecule has 0 saturated carbocycles. The van der Waals surface area contributed by atoms with Crippen LogP contribution in [0.4, 0.5) is 4.39 Å². The second-order valence-corrected chi connectivity index (χ2v) is 6.31. The third kappa shape index (κ3) is 3.98. The molecule has 2 aromatic rings. The molecule has 0 aliphatic carbocycles. The lowest BCUT2D eigenvalue weighted by molar-refractivity contribution is -0.0194. The Morgan fingerprint density at radius 3 is 3.04 bits per heavy atom. The van der Waals surface area contributed by atoms with Crippen molar-refractivity contribution >= 4 is 0 Å². The molecule has 0 radical (unpaired) electrons. The predicted molar refractivity (Wildman–Crippen MR) is 88.1 cm³/mol. The Bertz CT molecular complexity index is 691. The van der Waals surface area contributed by atoms with Gasteiger partial charge in [-0.25, -0.2) is 4.39 Å². The standard InChI is InChI=1S/C17H23FN4O2/c1-11-4-5-13(8-15(11)18)16-20-17(24-21-16)12(2)19-9-14-10-22(3)6-7-23-14/h4-5,8,12,14,19H,6-7,9-10H2,1-3H3/t12-,14-/m1/s1. The van der Waals surface area contributed by atoms with Crippen LogP contribution >= 0.6 is 0 Å². The van der Waals surface area contributed by atoms with Crippen molar-refractivity contribution in [2.45, 2.75) is 26.0 Å². The minimum Gasteiger partial charge on any atom is -0.374 e. The first-order valence-electron chi connectivity index (χ1n) is 8.16. The number of likely N-dealkylation sites (N-methyl/N-ethyl adjacent to an activating group) is 1. The molecule has 2 heterocycles. The van der Waals surface area contributed by atoms with Gasteiger partial charge in [-0.3, -0.25) is 0 Å². The Hall–Kier alpha value is -1.83. The number of hydrogen-bond acceptors (Lipinski definition) is 6. The lowest BCUT2D eigenvalue weighted by Gasteiger charge is -2.30. The Labute approximate surface area is 141 Å². The minimum absolute atomic E-state index is 0.0997. The van der Waals surface area contributed by atoms with Gasteiger partial charge in [0.1, 0.15) is 5.82 Å². The SMILES string of the molecule is Cc1ccc(-c2noc([C@@H](C)NC[C@@H]3CN(C)CCO3)n2)cc1F. The number of halogens is 1. The molecule has 0 amide bonds. The molecule has 1 N–H and O–H groups in total. The highest BCUT2D eigenvalue weighted by molar-refractivity contribution is 5.54. The van der Waals surface area contributed by atoms with E-state index in [0.29, 0.717) is 29.4 Å². The zero-order valence-corrected chi connectivity index (χ0v) is 14.3. The van der Waals surface area contributed by atoms with Crippen LogP contribution in [0, 0.1) is 12.7 Å². The summed E-state index contributed by atoms with van der Waals surface area (Å²) in [6, 6.07) is 4.82. The van der Waals surface area contributed by atoms with E-state index in [2.05, 4.69) is 27.4 Å². The van der Waals surface area contributed by atoms with E-state index in [-0.39, 0.29) is 18.0 Å². The van der Waals surface area contributed by atoms with Crippen molar-refractivity contribution in [3.63, 3.8) is 0 Å². The molecule has 24 heavy (non-hydrogen) atoms. The maximum Gasteiger partial charge on any atom is 0.243 e. The highest BCUT2D eigenvalue weighted by Crippen LogP contribution is 2.21. The minimum atomic E-state index is -0.274. The summed E-state index contributed by atoms with van der Waals surface area (Å²) in [6.45, 7) is 7.00. The monoisotopic (exact) mass is 334 g/mol. The Kier molecular flexibility index (Phi) is 5.23. The fourth-order valence-corrected chi connectivity index (χ4v) is 2.65. The van der Waals surface area contributed by atoms with Crippen molar-refractivity contribution < 1.29 is 13.7 Å². The van der Waals surface area contributed by atoms with Crippen LogP contribution < -0.4 is 5.32 Å². The summed E-state index contributed by atoms with van der Waals surface area (Å²) < 4.78 is 24.7. The van der Waals surface area contributed by atoms with E-state index in [0.717, 1.165) is 19.7 Å². The van der Waals surface area contributed by atoms with E-state index in [9.17, 15) is 4.39 Å². The van der Waals surface area contributed by atoms with Crippen LogP contribution in [-0.2, 0) is 4.74 Å². The first kappa shape index (κ1) is 17.0. The van der Waals surface area contributed by atoms with E-state index in [1.165, 1.54) is 6.07 Å². The lowest BCUT2D eigenvalue weighted by Crippen LogP contribution is -2.45. The number of benzene rings is 1. The molecule has 3 rings (SSSR count). The van der Waals surface area contributed by atoms with E-state index in [4.69, 9.17) is 9.26 Å². The highest BCUT2D eigenvalue weighted by Gasteiger charge is 2.20. The van der Waals surface area contributed by atoms with Gasteiger partial charge in [0.05, 0.1) is 18.8 Å². The molecule has 1 saturated heterocycles. The number of morpholine rings is 1. The molecular formula is C17H23FN4O2. The van der Waals surface area contributed by atoms with Crippen LogP contribution in [0.3, 0.4) is 0 Å². The van der Waals surface area contributed by atoms with Crippen LogP contribution in [0.5, 0.6) is 0 Å². The molecule has 6 nitrogen and oxygen atoms in total. The van der Waals surface area contributed by atoms with Gasteiger partial charge in [-0.1, -0.05) is 17.3 Å². The van der Waals surface area contributed by atoms with Crippen LogP contribution in [0.1, 0.15) is 24.4 Å². The summed E-state index contributed by atoms with van der Waals surface area (Å²) in [6.07, 6.45) is 0.153. The van der Waals surface area contributed by atoms with Crippen LogP contribution in [-0.4, -0.2) is 54.4 Å². The normalized spacial score (nSPS) is 20.2. The first-order chi connectivity index (χ1) is 11.5. The molecule has 2 atom stereocenters. The largest absolute Gasteiger partial charge is 0.374 e. The maximum atomic E-state index is 13.7. The van der Waals surface area contributed by atoms with Crippen molar-refractivity contribution in [3.05, 3.63) is 35.5 Å². The second kappa shape index (κ2) is 7.38. The molecule has 1 fully saturated rings. The van der Waals surface area contributed by atoms with Crippen molar-refractivity contribution in [1.29, 1.82) is 0 Å². The van der Waals surface area contributed by atoms with Gasteiger partial charge in [0, 0.05) is 25.2 Å². The molecule has 7 heteroatoms. The van der Waals surface area contributed by atoms with E-state index in [1.54, 1.807) is 19.1 Å². The van der Waals surface area contributed by atoms with Crippen LogP contribution in [0.2, 0.25) is 0 Å². The summed E-state index contributed by atoms with van der Waals surface area (Å²) in [5.41, 5.74) is 1.20. The first-order valence-corrected chi connectivity index (χ1v) is 8.16. The molecule has 130 valence electrons. The second-order valence-electron chi connectivity index (χ2n) is 6.31. The van der Waals surface area contributed by atoms with E-state index < -0.39 is 0 Å². The lowest BCUT2D eigenvalue weighted by atomic mass is 10.1. The average molecular weight is 334 g/mol. The van der Waals surface area contributed by atoms with Crippen molar-refractivity contribution in [2.24, 2.45) is 0 Å². The summed E-state index contributed by atoms with van der Waals surface area (Å²) in [5.74, 6) is 0.602. The number of hydrogen-bond donors (Lipinski definition) is 1. The zero-order chi connectivity index (χ0) is 17.1. The highest BCUT2D eigenvalue weighted by atomic mass is 19.1. The van der Waals surface area contributed by atoms with E-state index in [1.807, 2.05) is 6.92 Å². The molecular weight excluding hydrogens is 311 g/mol. The smallest absolute Gasteiger partial charge is 0.243 e.